The van der Waals surface area contributed by atoms with Crippen LogP contribution in [0.4, 0.5) is 14.9 Å². The third-order valence-corrected chi connectivity index (χ3v) is 5.58. The van der Waals surface area contributed by atoms with E-state index in [4.69, 9.17) is 0 Å². The van der Waals surface area contributed by atoms with Crippen LogP contribution in [-0.2, 0) is 5.41 Å². The van der Waals surface area contributed by atoms with Crippen molar-refractivity contribution in [3.63, 3.8) is 0 Å². The van der Waals surface area contributed by atoms with Gasteiger partial charge in [-0.3, -0.25) is 4.72 Å². The summed E-state index contributed by atoms with van der Waals surface area (Å²) in [6.07, 6.45) is 0. The zero-order valence-corrected chi connectivity index (χ0v) is 19.6. The first-order chi connectivity index (χ1) is 13.4. The molecule has 2 aromatic carbocycles. The van der Waals surface area contributed by atoms with E-state index in [1.807, 2.05) is 26.8 Å². The van der Waals surface area contributed by atoms with Gasteiger partial charge in [-0.1, -0.05) is 66.2 Å². The lowest BCUT2D eigenvalue weighted by Crippen LogP contribution is -2.24. The van der Waals surface area contributed by atoms with Gasteiger partial charge in [0.05, 0.1) is 0 Å². The van der Waals surface area contributed by atoms with Gasteiger partial charge >= 0.3 is 6.03 Å². The van der Waals surface area contributed by atoms with Gasteiger partial charge in [-0.25, -0.2) is 9.18 Å². The highest BCUT2D eigenvalue weighted by Crippen LogP contribution is 2.34. The molecule has 0 spiro atoms. The molecule has 2 aromatic rings. The van der Waals surface area contributed by atoms with Crippen LogP contribution in [0.5, 0.6) is 0 Å². The van der Waals surface area contributed by atoms with Gasteiger partial charge in [-0.15, -0.1) is 0 Å². The number of nitrogens with one attached hydrogen (secondary N) is 2. The molecule has 0 heterocycles. The smallest absolute Gasteiger partial charge is 0.307 e. The summed E-state index contributed by atoms with van der Waals surface area (Å²) in [5.41, 5.74) is 5.02. The molecule has 0 aromatic heterocycles. The molecule has 3 nitrogen and oxygen atoms in total. The predicted octanol–water partition coefficient (Wildman–Crippen LogP) is 7.51. The number of hydrogen-bond donors (Lipinski definition) is 2. The van der Waals surface area contributed by atoms with Crippen molar-refractivity contribution in [2.45, 2.75) is 77.5 Å². The fourth-order valence-electron chi connectivity index (χ4n) is 3.20. The summed E-state index contributed by atoms with van der Waals surface area (Å²) in [6, 6.07) is 8.83. The average molecular weight is 417 g/mol. The number of aryl methyl sites for hydroxylation is 1. The lowest BCUT2D eigenvalue weighted by atomic mass is 9.87. The SMILES string of the molecule is Cc1cc(C(C)C)c(NC(=O)NSc2cc(F)cc(C(C)(C)C)c2)c(C(C)C)c1. The summed E-state index contributed by atoms with van der Waals surface area (Å²) in [5.74, 6) is 0.269. The Hall–Kier alpha value is -2.01. The minimum atomic E-state index is -0.316. The molecular weight excluding hydrogens is 383 g/mol. The number of urea groups is 1. The molecule has 0 bridgehead atoms. The van der Waals surface area contributed by atoms with Crippen molar-refractivity contribution in [2.24, 2.45) is 0 Å². The Morgan fingerprint density at radius 2 is 1.52 bits per heavy atom. The number of halogens is 1. The van der Waals surface area contributed by atoms with Crippen LogP contribution in [0.15, 0.2) is 35.2 Å². The number of anilines is 1. The van der Waals surface area contributed by atoms with Crippen LogP contribution in [0.1, 0.15) is 82.6 Å². The van der Waals surface area contributed by atoms with Gasteiger partial charge in [0, 0.05) is 10.6 Å². The van der Waals surface area contributed by atoms with Gasteiger partial charge in [0.1, 0.15) is 5.82 Å². The van der Waals surface area contributed by atoms with Crippen molar-refractivity contribution in [1.29, 1.82) is 0 Å². The van der Waals surface area contributed by atoms with E-state index < -0.39 is 0 Å². The summed E-state index contributed by atoms with van der Waals surface area (Å²) in [5, 5.41) is 3.03. The molecule has 0 aliphatic rings. The Labute approximate surface area is 179 Å². The zero-order chi connectivity index (χ0) is 21.9. The van der Waals surface area contributed by atoms with E-state index >= 15 is 0 Å². The molecule has 158 valence electrons. The lowest BCUT2D eigenvalue weighted by molar-refractivity contribution is 0.257. The molecular formula is C24H33FN2OS. The Bertz CT molecular complexity index is 856. The van der Waals surface area contributed by atoms with Gasteiger partial charge in [-0.05, 0) is 71.0 Å². The quantitative estimate of drug-likeness (QED) is 0.495. The summed E-state index contributed by atoms with van der Waals surface area (Å²) in [7, 11) is 0. The van der Waals surface area contributed by atoms with E-state index in [1.54, 1.807) is 6.07 Å². The third-order valence-electron chi connectivity index (χ3n) is 4.83. The Balaban J connectivity index is 2.21. The van der Waals surface area contributed by atoms with Crippen molar-refractivity contribution in [3.05, 3.63) is 58.4 Å². The number of amides is 2. The normalized spacial score (nSPS) is 11.8. The van der Waals surface area contributed by atoms with Crippen molar-refractivity contribution >= 4 is 23.7 Å². The molecule has 0 aliphatic heterocycles. The summed E-state index contributed by atoms with van der Waals surface area (Å²) in [4.78, 5) is 13.3. The van der Waals surface area contributed by atoms with Crippen LogP contribution in [0.25, 0.3) is 0 Å². The van der Waals surface area contributed by atoms with Gasteiger partial charge in [0.15, 0.2) is 0 Å². The van der Waals surface area contributed by atoms with E-state index in [0.29, 0.717) is 4.90 Å². The maximum absolute atomic E-state index is 14.0. The Morgan fingerprint density at radius 3 is 2.00 bits per heavy atom. The number of carbonyl (C=O) groups is 1. The molecule has 0 unspecified atom stereocenters. The standard InChI is InChI=1S/C24H33FN2OS/c1-14(2)20-9-16(5)10-21(15(3)4)22(20)26-23(28)27-29-19-12-17(24(6,7)8)11-18(25)13-19/h9-15H,1-8H3,(H2,26,27,28). The Morgan fingerprint density at radius 1 is 0.966 bits per heavy atom. The van der Waals surface area contributed by atoms with Gasteiger partial charge < -0.3 is 5.32 Å². The topological polar surface area (TPSA) is 41.1 Å². The number of carbonyl (C=O) groups excluding carboxylic acids is 1. The van der Waals surface area contributed by atoms with Crippen molar-refractivity contribution < 1.29 is 9.18 Å². The van der Waals surface area contributed by atoms with Gasteiger partial charge in [0.2, 0.25) is 0 Å². The second-order valence-electron chi connectivity index (χ2n) is 9.21. The second kappa shape index (κ2) is 9.21. The van der Waals surface area contributed by atoms with E-state index in [-0.39, 0.29) is 29.1 Å². The third kappa shape index (κ3) is 6.23. The molecule has 2 amide bonds. The van der Waals surface area contributed by atoms with Crippen molar-refractivity contribution in [3.8, 4) is 0 Å². The molecule has 0 aliphatic carbocycles. The molecule has 0 saturated carbocycles. The predicted molar refractivity (Wildman–Crippen MR) is 122 cm³/mol. The zero-order valence-electron chi connectivity index (χ0n) is 18.7. The molecule has 0 atom stereocenters. The maximum atomic E-state index is 14.0. The minimum Gasteiger partial charge on any atom is -0.307 e. The number of benzene rings is 2. The summed E-state index contributed by atoms with van der Waals surface area (Å²) < 4.78 is 16.8. The molecule has 2 rings (SSSR count). The molecule has 29 heavy (non-hydrogen) atoms. The largest absolute Gasteiger partial charge is 0.329 e. The minimum absolute atomic E-state index is 0.167. The second-order valence-corrected chi connectivity index (χ2v) is 10.1. The highest BCUT2D eigenvalue weighted by Gasteiger charge is 2.18. The number of rotatable bonds is 5. The van der Waals surface area contributed by atoms with Crippen LogP contribution in [0.2, 0.25) is 0 Å². The number of hydrogen-bond acceptors (Lipinski definition) is 2. The van der Waals surface area contributed by atoms with Crippen LogP contribution in [-0.4, -0.2) is 6.03 Å². The van der Waals surface area contributed by atoms with Gasteiger partial charge in [-0.2, -0.15) is 0 Å². The molecule has 0 fully saturated rings. The fourth-order valence-corrected chi connectivity index (χ4v) is 3.82. The molecule has 0 radical (unpaired) electrons. The van der Waals surface area contributed by atoms with Crippen LogP contribution in [0.3, 0.4) is 0 Å². The summed E-state index contributed by atoms with van der Waals surface area (Å²) >= 11 is 1.12. The monoisotopic (exact) mass is 416 g/mol. The van der Waals surface area contributed by atoms with Crippen molar-refractivity contribution in [1.82, 2.24) is 4.72 Å². The summed E-state index contributed by atoms with van der Waals surface area (Å²) in [6.45, 7) is 16.7. The fraction of sp³-hybridized carbons (Fsp3) is 0.458. The van der Waals surface area contributed by atoms with E-state index in [1.165, 1.54) is 11.6 Å². The van der Waals surface area contributed by atoms with E-state index in [9.17, 15) is 9.18 Å². The highest BCUT2D eigenvalue weighted by atomic mass is 32.2. The average Bonchev–Trinajstić information content (AvgIpc) is 2.59. The van der Waals surface area contributed by atoms with Crippen molar-refractivity contribution in [2.75, 3.05) is 5.32 Å². The molecule has 0 saturated heterocycles. The van der Waals surface area contributed by atoms with Crippen LogP contribution in [0, 0.1) is 12.7 Å². The maximum Gasteiger partial charge on any atom is 0.329 e. The first kappa shape index (κ1) is 23.3. The highest BCUT2D eigenvalue weighted by molar-refractivity contribution is 7.98. The lowest BCUT2D eigenvalue weighted by Gasteiger charge is -2.22. The van der Waals surface area contributed by atoms with Crippen LogP contribution >= 0.6 is 11.9 Å². The Kier molecular flexibility index (Phi) is 7.39. The first-order valence-corrected chi connectivity index (χ1v) is 10.9. The molecule has 5 heteroatoms. The first-order valence-electron chi connectivity index (χ1n) is 10.1. The van der Waals surface area contributed by atoms with Crippen LogP contribution < -0.4 is 10.0 Å². The van der Waals surface area contributed by atoms with Gasteiger partial charge in [0.25, 0.3) is 0 Å². The van der Waals surface area contributed by atoms with E-state index in [0.717, 1.165) is 34.3 Å². The van der Waals surface area contributed by atoms with E-state index in [2.05, 4.69) is 56.8 Å². The molecule has 2 N–H and O–H groups in total.